The van der Waals surface area contributed by atoms with Crippen LogP contribution in [0.15, 0.2) is 52.9 Å². The van der Waals surface area contributed by atoms with Gasteiger partial charge in [0.1, 0.15) is 5.56 Å². The molecule has 2 aromatic carbocycles. The van der Waals surface area contributed by atoms with Crippen molar-refractivity contribution in [2.75, 3.05) is 0 Å². The zero-order valence-corrected chi connectivity index (χ0v) is 11.3. The minimum atomic E-state index is -0.488. The van der Waals surface area contributed by atoms with Crippen LogP contribution in [-0.2, 0) is 0 Å². The second kappa shape index (κ2) is 5.34. The van der Waals surface area contributed by atoms with Gasteiger partial charge >= 0.3 is 0 Å². The van der Waals surface area contributed by atoms with Crippen molar-refractivity contribution in [1.29, 1.82) is 0 Å². The molecular weight excluding hydrogens is 294 g/mol. The summed E-state index contributed by atoms with van der Waals surface area (Å²) in [6, 6.07) is 13.1. The lowest BCUT2D eigenvalue weighted by Crippen LogP contribution is -1.91. The predicted octanol–water partition coefficient (Wildman–Crippen LogP) is 3.97. The lowest BCUT2D eigenvalue weighted by Gasteiger charge is -1.97. The maximum Gasteiger partial charge on any atom is 0.282 e. The van der Waals surface area contributed by atoms with Crippen molar-refractivity contribution in [3.05, 3.63) is 63.7 Å². The molecule has 0 saturated carbocycles. The van der Waals surface area contributed by atoms with E-state index in [1.54, 1.807) is 42.5 Å². The first-order valence-corrected chi connectivity index (χ1v) is 6.36. The molecular formula is C14H8ClN3O3. The van der Waals surface area contributed by atoms with E-state index in [2.05, 4.69) is 10.2 Å². The van der Waals surface area contributed by atoms with E-state index >= 15 is 0 Å². The first kappa shape index (κ1) is 13.3. The van der Waals surface area contributed by atoms with Gasteiger partial charge in [-0.2, -0.15) is 0 Å². The lowest BCUT2D eigenvalue weighted by molar-refractivity contribution is -0.384. The summed E-state index contributed by atoms with van der Waals surface area (Å²) in [6.45, 7) is 0. The Labute approximate surface area is 124 Å². The maximum atomic E-state index is 11.0. The van der Waals surface area contributed by atoms with Gasteiger partial charge in [-0.05, 0) is 24.3 Å². The quantitative estimate of drug-likeness (QED) is 0.540. The van der Waals surface area contributed by atoms with Gasteiger partial charge in [-0.1, -0.05) is 29.8 Å². The van der Waals surface area contributed by atoms with Gasteiger partial charge in [-0.3, -0.25) is 10.1 Å². The van der Waals surface area contributed by atoms with Gasteiger partial charge in [0.15, 0.2) is 0 Å². The summed E-state index contributed by atoms with van der Waals surface area (Å²) in [7, 11) is 0. The van der Waals surface area contributed by atoms with E-state index in [0.29, 0.717) is 10.6 Å². The molecule has 0 bridgehead atoms. The number of aromatic nitrogens is 2. The van der Waals surface area contributed by atoms with Gasteiger partial charge in [0, 0.05) is 16.7 Å². The van der Waals surface area contributed by atoms with Gasteiger partial charge in [0.05, 0.1) is 4.92 Å². The number of halogens is 1. The highest BCUT2D eigenvalue weighted by molar-refractivity contribution is 6.30. The van der Waals surface area contributed by atoms with Crippen molar-refractivity contribution in [1.82, 2.24) is 10.2 Å². The number of hydrogen-bond acceptors (Lipinski definition) is 5. The Morgan fingerprint density at radius 3 is 2.57 bits per heavy atom. The highest BCUT2D eigenvalue weighted by Gasteiger charge is 2.19. The molecule has 0 radical (unpaired) electrons. The maximum absolute atomic E-state index is 11.0. The Bertz CT molecular complexity index is 816. The molecule has 0 atom stereocenters. The normalized spacial score (nSPS) is 10.5. The zero-order chi connectivity index (χ0) is 14.8. The number of nitrogens with zero attached hydrogens (tertiary/aromatic N) is 3. The van der Waals surface area contributed by atoms with E-state index in [0.717, 1.165) is 0 Å². The fraction of sp³-hybridized carbons (Fsp3) is 0. The number of benzene rings is 2. The number of rotatable bonds is 3. The predicted molar refractivity (Wildman–Crippen MR) is 76.8 cm³/mol. The van der Waals surface area contributed by atoms with Crippen molar-refractivity contribution >= 4 is 17.3 Å². The minimum absolute atomic E-state index is 0.0844. The summed E-state index contributed by atoms with van der Waals surface area (Å²) < 4.78 is 5.52. The van der Waals surface area contributed by atoms with Crippen LogP contribution in [0.3, 0.4) is 0 Å². The average Bonchev–Trinajstić information content (AvgIpc) is 2.97. The average molecular weight is 302 g/mol. The molecule has 6 nitrogen and oxygen atoms in total. The van der Waals surface area contributed by atoms with E-state index in [1.807, 2.05) is 0 Å². The molecule has 0 amide bonds. The molecule has 0 aliphatic rings. The summed E-state index contributed by atoms with van der Waals surface area (Å²) in [4.78, 5) is 10.5. The van der Waals surface area contributed by atoms with Gasteiger partial charge in [-0.15, -0.1) is 10.2 Å². The molecule has 0 saturated heterocycles. The van der Waals surface area contributed by atoms with Crippen molar-refractivity contribution in [3.8, 4) is 22.9 Å². The molecule has 104 valence electrons. The van der Waals surface area contributed by atoms with E-state index in [9.17, 15) is 10.1 Å². The summed E-state index contributed by atoms with van der Waals surface area (Å²) in [5, 5.41) is 19.3. The molecule has 1 heterocycles. The second-order valence-corrected chi connectivity index (χ2v) is 4.63. The zero-order valence-electron chi connectivity index (χ0n) is 10.6. The molecule has 0 aliphatic heterocycles. The molecule has 21 heavy (non-hydrogen) atoms. The van der Waals surface area contributed by atoms with Crippen LogP contribution >= 0.6 is 11.6 Å². The summed E-state index contributed by atoms with van der Waals surface area (Å²) >= 11 is 5.91. The largest absolute Gasteiger partial charge is 0.416 e. The minimum Gasteiger partial charge on any atom is -0.416 e. The number of nitro groups is 1. The van der Waals surface area contributed by atoms with E-state index in [1.165, 1.54) is 6.07 Å². The SMILES string of the molecule is O=[N+]([O-])c1ccccc1-c1nnc(-c2cccc(Cl)c2)o1. The molecule has 0 fully saturated rings. The Morgan fingerprint density at radius 2 is 1.81 bits per heavy atom. The van der Waals surface area contributed by atoms with E-state index in [4.69, 9.17) is 16.0 Å². The van der Waals surface area contributed by atoms with Crippen LogP contribution in [0.4, 0.5) is 5.69 Å². The van der Waals surface area contributed by atoms with Crippen molar-refractivity contribution in [3.63, 3.8) is 0 Å². The highest BCUT2D eigenvalue weighted by atomic mass is 35.5. The van der Waals surface area contributed by atoms with Gasteiger partial charge in [0.2, 0.25) is 5.89 Å². The standard InChI is InChI=1S/C14H8ClN3O3/c15-10-5-3-4-9(8-10)13-16-17-14(21-13)11-6-1-2-7-12(11)18(19)20/h1-8H. The third-order valence-corrected chi connectivity index (χ3v) is 3.06. The first-order valence-electron chi connectivity index (χ1n) is 5.98. The Hall–Kier alpha value is -2.73. The lowest BCUT2D eigenvalue weighted by atomic mass is 10.2. The van der Waals surface area contributed by atoms with Crippen LogP contribution in [0.25, 0.3) is 22.9 Å². The smallest absolute Gasteiger partial charge is 0.282 e. The van der Waals surface area contributed by atoms with E-state index in [-0.39, 0.29) is 23.0 Å². The third kappa shape index (κ3) is 2.61. The first-order chi connectivity index (χ1) is 10.1. The fourth-order valence-corrected chi connectivity index (χ4v) is 2.07. The van der Waals surface area contributed by atoms with Crippen molar-refractivity contribution < 1.29 is 9.34 Å². The van der Waals surface area contributed by atoms with Crippen molar-refractivity contribution in [2.24, 2.45) is 0 Å². The van der Waals surface area contributed by atoms with Gasteiger partial charge in [0.25, 0.3) is 11.6 Å². The van der Waals surface area contributed by atoms with Crippen LogP contribution in [0.5, 0.6) is 0 Å². The Balaban J connectivity index is 2.05. The molecule has 3 aromatic rings. The number of hydrogen-bond donors (Lipinski definition) is 0. The molecule has 0 aliphatic carbocycles. The van der Waals surface area contributed by atoms with Crippen molar-refractivity contribution in [2.45, 2.75) is 0 Å². The monoisotopic (exact) mass is 301 g/mol. The molecule has 0 unspecified atom stereocenters. The molecule has 1 aromatic heterocycles. The van der Waals surface area contributed by atoms with Gasteiger partial charge in [-0.25, -0.2) is 0 Å². The molecule has 7 heteroatoms. The number of para-hydroxylation sites is 1. The van der Waals surface area contributed by atoms with Crippen LogP contribution in [0, 0.1) is 10.1 Å². The van der Waals surface area contributed by atoms with Crippen LogP contribution in [0.1, 0.15) is 0 Å². The van der Waals surface area contributed by atoms with Crippen LogP contribution in [0.2, 0.25) is 5.02 Å². The molecule has 3 rings (SSSR count). The molecule has 0 spiro atoms. The van der Waals surface area contributed by atoms with Crippen LogP contribution < -0.4 is 0 Å². The number of nitro benzene ring substituents is 1. The second-order valence-electron chi connectivity index (χ2n) is 4.20. The van der Waals surface area contributed by atoms with E-state index < -0.39 is 4.92 Å². The van der Waals surface area contributed by atoms with Gasteiger partial charge < -0.3 is 4.42 Å². The Morgan fingerprint density at radius 1 is 1.05 bits per heavy atom. The summed E-state index contributed by atoms with van der Waals surface area (Å²) in [5.74, 6) is 0.350. The summed E-state index contributed by atoms with van der Waals surface area (Å²) in [6.07, 6.45) is 0. The van der Waals surface area contributed by atoms with Crippen LogP contribution in [-0.4, -0.2) is 15.1 Å². The topological polar surface area (TPSA) is 82.1 Å². The third-order valence-electron chi connectivity index (χ3n) is 2.83. The summed E-state index contributed by atoms with van der Waals surface area (Å²) in [5.41, 5.74) is 0.849. The fourth-order valence-electron chi connectivity index (χ4n) is 1.88. The molecule has 0 N–H and O–H groups in total. The Kier molecular flexibility index (Phi) is 3.37. The highest BCUT2D eigenvalue weighted by Crippen LogP contribution is 2.30.